The quantitative estimate of drug-likeness (QED) is 0.801. The number of halogens is 2. The van der Waals surface area contributed by atoms with Crippen molar-refractivity contribution in [2.24, 2.45) is 0 Å². The summed E-state index contributed by atoms with van der Waals surface area (Å²) in [5.74, 6) is 0.0856. The zero-order chi connectivity index (χ0) is 16.1. The number of hydrogen-bond donors (Lipinski definition) is 2. The number of amides is 1. The van der Waals surface area contributed by atoms with Crippen molar-refractivity contribution < 1.29 is 9.53 Å². The van der Waals surface area contributed by atoms with Gasteiger partial charge in [-0.2, -0.15) is 0 Å². The van der Waals surface area contributed by atoms with Crippen LogP contribution in [-0.2, 0) is 14.9 Å². The van der Waals surface area contributed by atoms with E-state index in [0.717, 1.165) is 25.1 Å². The molecule has 1 saturated heterocycles. The van der Waals surface area contributed by atoms with Gasteiger partial charge < -0.3 is 15.4 Å². The second-order valence-corrected chi connectivity index (χ2v) is 6.64. The first-order valence-electron chi connectivity index (χ1n) is 8.21. The van der Waals surface area contributed by atoms with Gasteiger partial charge in [-0.05, 0) is 43.5 Å². The fourth-order valence-electron chi connectivity index (χ4n) is 3.35. The molecule has 0 aromatic heterocycles. The normalized spacial score (nSPS) is 19.8. The number of carbonyl (C=O) groups is 1. The average molecular weight is 371 g/mol. The molecule has 4 nitrogen and oxygen atoms in total. The van der Waals surface area contributed by atoms with Crippen LogP contribution in [0, 0.1) is 0 Å². The SMILES string of the molecule is Cl.O=C(NCC1=CCNCC1)C1(c2cccc(Cl)c2)CCOCC1. The maximum Gasteiger partial charge on any atom is 0.231 e. The first-order valence-corrected chi connectivity index (χ1v) is 8.59. The maximum absolute atomic E-state index is 13.0. The lowest BCUT2D eigenvalue weighted by atomic mass is 9.73. The molecular weight excluding hydrogens is 347 g/mol. The third-order valence-corrected chi connectivity index (χ3v) is 5.03. The summed E-state index contributed by atoms with van der Waals surface area (Å²) in [5.41, 5.74) is 1.76. The lowest BCUT2D eigenvalue weighted by Crippen LogP contribution is -2.48. The molecule has 0 spiro atoms. The third kappa shape index (κ3) is 4.31. The Morgan fingerprint density at radius 3 is 2.79 bits per heavy atom. The Labute approximate surface area is 154 Å². The summed E-state index contributed by atoms with van der Waals surface area (Å²) >= 11 is 6.15. The summed E-state index contributed by atoms with van der Waals surface area (Å²) in [4.78, 5) is 13.0. The topological polar surface area (TPSA) is 50.4 Å². The molecule has 0 radical (unpaired) electrons. The molecule has 0 saturated carbocycles. The summed E-state index contributed by atoms with van der Waals surface area (Å²) in [7, 11) is 0. The van der Waals surface area contributed by atoms with Crippen molar-refractivity contribution in [1.82, 2.24) is 10.6 Å². The van der Waals surface area contributed by atoms with Crippen molar-refractivity contribution >= 4 is 29.9 Å². The van der Waals surface area contributed by atoms with Gasteiger partial charge in [-0.15, -0.1) is 12.4 Å². The van der Waals surface area contributed by atoms with Crippen molar-refractivity contribution in [2.75, 3.05) is 32.8 Å². The van der Waals surface area contributed by atoms with E-state index in [2.05, 4.69) is 16.7 Å². The zero-order valence-corrected chi connectivity index (χ0v) is 15.2. The Morgan fingerprint density at radius 1 is 1.33 bits per heavy atom. The minimum Gasteiger partial charge on any atom is -0.381 e. The van der Waals surface area contributed by atoms with Crippen molar-refractivity contribution in [2.45, 2.75) is 24.7 Å². The summed E-state index contributed by atoms with van der Waals surface area (Å²) in [6, 6.07) is 7.67. The predicted molar refractivity (Wildman–Crippen MR) is 99.0 cm³/mol. The third-order valence-electron chi connectivity index (χ3n) is 4.79. The largest absolute Gasteiger partial charge is 0.381 e. The van der Waals surface area contributed by atoms with Crippen LogP contribution >= 0.6 is 24.0 Å². The van der Waals surface area contributed by atoms with Gasteiger partial charge in [0.25, 0.3) is 0 Å². The Kier molecular flexibility index (Phi) is 7.11. The van der Waals surface area contributed by atoms with Crippen LogP contribution in [0.2, 0.25) is 5.02 Å². The van der Waals surface area contributed by atoms with E-state index in [1.54, 1.807) is 0 Å². The van der Waals surface area contributed by atoms with Crippen molar-refractivity contribution in [1.29, 1.82) is 0 Å². The molecular formula is C18H24Cl2N2O2. The summed E-state index contributed by atoms with van der Waals surface area (Å²) in [6.45, 7) is 3.70. The fourth-order valence-corrected chi connectivity index (χ4v) is 3.54. The van der Waals surface area contributed by atoms with E-state index >= 15 is 0 Å². The van der Waals surface area contributed by atoms with Crippen LogP contribution in [0.4, 0.5) is 0 Å². The van der Waals surface area contributed by atoms with E-state index in [1.165, 1.54) is 5.57 Å². The van der Waals surface area contributed by atoms with Gasteiger partial charge in [0.2, 0.25) is 5.91 Å². The molecule has 0 unspecified atom stereocenters. The minimum absolute atomic E-state index is 0. The molecule has 1 aromatic carbocycles. The molecule has 3 rings (SSSR count). The van der Waals surface area contributed by atoms with Crippen molar-refractivity contribution in [3.8, 4) is 0 Å². The van der Waals surface area contributed by atoms with Crippen LogP contribution < -0.4 is 10.6 Å². The molecule has 6 heteroatoms. The Hall–Kier alpha value is -1.07. The molecule has 0 bridgehead atoms. The second kappa shape index (κ2) is 8.86. The first-order chi connectivity index (χ1) is 11.2. The smallest absolute Gasteiger partial charge is 0.231 e. The monoisotopic (exact) mass is 370 g/mol. The molecule has 24 heavy (non-hydrogen) atoms. The standard InChI is InChI=1S/C18H23ClN2O2.ClH/c19-16-3-1-2-15(12-16)18(6-10-23-11-7-18)17(22)21-13-14-4-8-20-9-5-14;/h1-4,12,20H,5-11,13H2,(H,21,22);1H. The lowest BCUT2D eigenvalue weighted by molar-refractivity contribution is -0.130. The number of carbonyl (C=O) groups excluding carboxylic acids is 1. The van der Waals surface area contributed by atoms with Crippen LogP contribution in [0.1, 0.15) is 24.8 Å². The molecule has 132 valence electrons. The van der Waals surface area contributed by atoms with E-state index in [1.807, 2.05) is 24.3 Å². The van der Waals surface area contributed by atoms with Crippen LogP contribution in [0.3, 0.4) is 0 Å². The number of benzene rings is 1. The highest BCUT2D eigenvalue weighted by atomic mass is 35.5. The summed E-state index contributed by atoms with van der Waals surface area (Å²) in [6.07, 6.45) is 4.55. The molecule has 2 aliphatic heterocycles. The van der Waals surface area contributed by atoms with Gasteiger partial charge in [-0.25, -0.2) is 0 Å². The van der Waals surface area contributed by atoms with Gasteiger partial charge in [0.15, 0.2) is 0 Å². The van der Waals surface area contributed by atoms with Crippen LogP contribution in [0.15, 0.2) is 35.9 Å². The van der Waals surface area contributed by atoms with Gasteiger partial charge in [0, 0.05) is 31.3 Å². The van der Waals surface area contributed by atoms with Crippen LogP contribution in [0.25, 0.3) is 0 Å². The van der Waals surface area contributed by atoms with E-state index in [4.69, 9.17) is 16.3 Å². The molecule has 2 heterocycles. The Balaban J connectivity index is 0.00000208. The zero-order valence-electron chi connectivity index (χ0n) is 13.6. The maximum atomic E-state index is 13.0. The Bertz CT molecular complexity index is 598. The van der Waals surface area contributed by atoms with Crippen LogP contribution in [-0.4, -0.2) is 38.8 Å². The average Bonchev–Trinajstić information content (AvgIpc) is 2.61. The second-order valence-electron chi connectivity index (χ2n) is 6.20. The molecule has 1 aromatic rings. The van der Waals surface area contributed by atoms with E-state index in [9.17, 15) is 4.79 Å². The van der Waals surface area contributed by atoms with Gasteiger partial charge >= 0.3 is 0 Å². The van der Waals surface area contributed by atoms with E-state index in [0.29, 0.717) is 37.6 Å². The Morgan fingerprint density at radius 2 is 2.12 bits per heavy atom. The number of nitrogens with one attached hydrogen (secondary N) is 2. The van der Waals surface area contributed by atoms with E-state index in [-0.39, 0.29) is 18.3 Å². The van der Waals surface area contributed by atoms with Gasteiger partial charge in [-0.1, -0.05) is 35.4 Å². The molecule has 2 aliphatic rings. The number of hydrogen-bond acceptors (Lipinski definition) is 3. The molecule has 0 aliphatic carbocycles. The van der Waals surface area contributed by atoms with Gasteiger partial charge in [0.05, 0.1) is 5.41 Å². The van der Waals surface area contributed by atoms with E-state index < -0.39 is 5.41 Å². The molecule has 1 fully saturated rings. The number of ether oxygens (including phenoxy) is 1. The summed E-state index contributed by atoms with van der Waals surface area (Å²) < 4.78 is 5.49. The highest BCUT2D eigenvalue weighted by molar-refractivity contribution is 6.30. The van der Waals surface area contributed by atoms with Gasteiger partial charge in [-0.3, -0.25) is 4.79 Å². The molecule has 1 amide bonds. The molecule has 0 atom stereocenters. The minimum atomic E-state index is -0.531. The fraction of sp³-hybridized carbons (Fsp3) is 0.500. The molecule has 2 N–H and O–H groups in total. The predicted octanol–water partition coefficient (Wildman–Crippen LogP) is 2.85. The summed E-state index contributed by atoms with van der Waals surface area (Å²) in [5, 5.41) is 7.10. The highest BCUT2D eigenvalue weighted by Crippen LogP contribution is 2.36. The highest BCUT2D eigenvalue weighted by Gasteiger charge is 2.41. The number of rotatable bonds is 4. The lowest BCUT2D eigenvalue weighted by Gasteiger charge is -2.36. The van der Waals surface area contributed by atoms with Gasteiger partial charge in [0.1, 0.15) is 0 Å². The van der Waals surface area contributed by atoms with Crippen LogP contribution in [0.5, 0.6) is 0 Å². The first kappa shape index (κ1) is 19.3. The van der Waals surface area contributed by atoms with Crippen molar-refractivity contribution in [3.63, 3.8) is 0 Å². The van der Waals surface area contributed by atoms with Crippen molar-refractivity contribution in [3.05, 3.63) is 46.5 Å².